The quantitative estimate of drug-likeness (QED) is 0.671. The van der Waals surface area contributed by atoms with Gasteiger partial charge in [-0.3, -0.25) is 0 Å². The van der Waals surface area contributed by atoms with Crippen molar-refractivity contribution in [2.24, 2.45) is 5.92 Å². The van der Waals surface area contributed by atoms with Gasteiger partial charge in [0.05, 0.1) is 11.0 Å². The molecule has 0 aliphatic heterocycles. The van der Waals surface area contributed by atoms with Crippen LogP contribution in [0.15, 0.2) is 29.2 Å². The van der Waals surface area contributed by atoms with Crippen molar-refractivity contribution in [2.45, 2.75) is 43.5 Å². The van der Waals surface area contributed by atoms with Crippen molar-refractivity contribution in [2.75, 3.05) is 13.2 Å². The van der Waals surface area contributed by atoms with Crippen LogP contribution in [0.1, 0.15) is 32.8 Å². The lowest BCUT2D eigenvalue weighted by Gasteiger charge is -2.19. The van der Waals surface area contributed by atoms with Gasteiger partial charge in [0, 0.05) is 18.5 Å². The Balaban J connectivity index is 2.69. The van der Waals surface area contributed by atoms with Gasteiger partial charge in [-0.15, -0.1) is 0 Å². The third kappa shape index (κ3) is 6.46. The fourth-order valence-electron chi connectivity index (χ4n) is 2.02. The Morgan fingerprint density at radius 2 is 1.86 bits per heavy atom. The lowest BCUT2D eigenvalue weighted by molar-refractivity contribution is 0.0518. The number of rotatable bonds is 9. The molecule has 1 rings (SSSR count). The number of benzene rings is 1. The average Bonchev–Trinajstić information content (AvgIpc) is 2.45. The maximum absolute atomic E-state index is 12.2. The van der Waals surface area contributed by atoms with Gasteiger partial charge in [0.1, 0.15) is 0 Å². The third-order valence-electron chi connectivity index (χ3n) is 3.03. The van der Waals surface area contributed by atoms with Gasteiger partial charge < -0.3 is 4.74 Å². The summed E-state index contributed by atoms with van der Waals surface area (Å²) in [5.41, 5.74) is 1.04. The molecule has 1 unspecified atom stereocenters. The maximum Gasteiger partial charge on any atom is 0.240 e. The minimum atomic E-state index is -3.48. The summed E-state index contributed by atoms with van der Waals surface area (Å²) in [6, 6.07) is 6.85. The number of nitrogens with one attached hydrogen (secondary N) is 1. The highest BCUT2D eigenvalue weighted by atomic mass is 79.9. The van der Waals surface area contributed by atoms with Gasteiger partial charge in [0.25, 0.3) is 0 Å². The van der Waals surface area contributed by atoms with Crippen LogP contribution in [0.4, 0.5) is 0 Å². The molecule has 0 saturated carbocycles. The standard InChI is InChI=1S/C15H24BrNO3S/c1-4-20-14(9-12(2)3)11-17-21(18,19)15-7-5-13(10-16)6-8-15/h5-8,12,14,17H,4,9-11H2,1-3H3. The summed E-state index contributed by atoms with van der Waals surface area (Å²) in [5, 5.41) is 0.710. The number of hydrogen-bond acceptors (Lipinski definition) is 3. The molecule has 21 heavy (non-hydrogen) atoms. The summed E-state index contributed by atoms with van der Waals surface area (Å²) in [5.74, 6) is 0.462. The molecule has 0 bridgehead atoms. The van der Waals surface area contributed by atoms with Crippen LogP contribution in [0.5, 0.6) is 0 Å². The van der Waals surface area contributed by atoms with E-state index in [1.165, 1.54) is 0 Å². The largest absolute Gasteiger partial charge is 0.377 e. The number of sulfonamides is 1. The molecule has 1 aromatic carbocycles. The molecule has 0 aliphatic rings. The molecule has 0 spiro atoms. The van der Waals surface area contributed by atoms with Gasteiger partial charge in [-0.1, -0.05) is 41.9 Å². The third-order valence-corrected chi connectivity index (χ3v) is 5.11. The fourth-order valence-corrected chi connectivity index (χ4v) is 3.46. The van der Waals surface area contributed by atoms with Crippen molar-refractivity contribution in [1.82, 2.24) is 4.72 Å². The Hall–Kier alpha value is -0.430. The topological polar surface area (TPSA) is 55.4 Å². The minimum Gasteiger partial charge on any atom is -0.377 e. The molecule has 0 saturated heterocycles. The highest BCUT2D eigenvalue weighted by molar-refractivity contribution is 9.08. The molecule has 0 aliphatic carbocycles. The van der Waals surface area contributed by atoms with E-state index in [0.29, 0.717) is 24.4 Å². The van der Waals surface area contributed by atoms with E-state index in [1.54, 1.807) is 24.3 Å². The van der Waals surface area contributed by atoms with E-state index in [4.69, 9.17) is 4.74 Å². The summed E-state index contributed by atoms with van der Waals surface area (Å²) in [6.45, 7) is 6.99. The fraction of sp³-hybridized carbons (Fsp3) is 0.600. The van der Waals surface area contributed by atoms with Crippen LogP contribution in [0, 0.1) is 5.92 Å². The van der Waals surface area contributed by atoms with Crippen molar-refractivity contribution in [3.63, 3.8) is 0 Å². The second-order valence-electron chi connectivity index (χ2n) is 5.34. The number of hydrogen-bond donors (Lipinski definition) is 1. The molecule has 0 radical (unpaired) electrons. The summed E-state index contributed by atoms with van der Waals surface area (Å²) >= 11 is 3.34. The lowest BCUT2D eigenvalue weighted by Crippen LogP contribution is -2.34. The van der Waals surface area contributed by atoms with Crippen LogP contribution in [-0.2, 0) is 20.1 Å². The van der Waals surface area contributed by atoms with Gasteiger partial charge >= 0.3 is 0 Å². The molecule has 0 fully saturated rings. The van der Waals surface area contributed by atoms with Crippen molar-refractivity contribution in [3.05, 3.63) is 29.8 Å². The molecular formula is C15H24BrNO3S. The summed E-state index contributed by atoms with van der Waals surface area (Å²) in [7, 11) is -3.48. The van der Waals surface area contributed by atoms with Crippen molar-refractivity contribution in [1.29, 1.82) is 0 Å². The highest BCUT2D eigenvalue weighted by Crippen LogP contribution is 2.13. The molecule has 4 nitrogen and oxygen atoms in total. The Labute approximate surface area is 136 Å². The molecule has 1 N–H and O–H groups in total. The van der Waals surface area contributed by atoms with Crippen molar-refractivity contribution < 1.29 is 13.2 Å². The lowest BCUT2D eigenvalue weighted by atomic mass is 10.1. The molecule has 120 valence electrons. The van der Waals surface area contributed by atoms with E-state index in [-0.39, 0.29) is 11.0 Å². The van der Waals surface area contributed by atoms with Gasteiger partial charge in [-0.2, -0.15) is 0 Å². The van der Waals surface area contributed by atoms with Gasteiger partial charge in [-0.05, 0) is 37.0 Å². The first-order chi connectivity index (χ1) is 9.89. The second kappa shape index (κ2) is 8.88. The van der Waals surface area contributed by atoms with Crippen molar-refractivity contribution >= 4 is 26.0 Å². The van der Waals surface area contributed by atoms with Crippen LogP contribution in [0.2, 0.25) is 0 Å². The van der Waals surface area contributed by atoms with Gasteiger partial charge in [-0.25, -0.2) is 13.1 Å². The van der Waals surface area contributed by atoms with E-state index in [9.17, 15) is 8.42 Å². The number of ether oxygens (including phenoxy) is 1. The summed E-state index contributed by atoms with van der Waals surface area (Å²) < 4.78 is 32.7. The van der Waals surface area contributed by atoms with Gasteiger partial charge in [0.2, 0.25) is 10.0 Å². The second-order valence-corrected chi connectivity index (χ2v) is 7.66. The Kier molecular flexibility index (Phi) is 7.87. The predicted octanol–water partition coefficient (Wildman–Crippen LogP) is 3.31. The summed E-state index contributed by atoms with van der Waals surface area (Å²) in [4.78, 5) is 0.284. The van der Waals surface area contributed by atoms with Gasteiger partial charge in [0.15, 0.2) is 0 Å². The molecule has 1 aromatic rings. The van der Waals surface area contributed by atoms with Crippen LogP contribution < -0.4 is 4.72 Å². The minimum absolute atomic E-state index is 0.0911. The molecule has 1 atom stereocenters. The van der Waals surface area contributed by atoms with E-state index in [0.717, 1.165) is 12.0 Å². The predicted molar refractivity (Wildman–Crippen MR) is 89.1 cm³/mol. The Morgan fingerprint density at radius 1 is 1.24 bits per heavy atom. The van der Waals surface area contributed by atoms with E-state index in [1.807, 2.05) is 6.92 Å². The number of alkyl halides is 1. The number of halogens is 1. The zero-order valence-corrected chi connectivity index (χ0v) is 15.2. The molecular weight excluding hydrogens is 354 g/mol. The first-order valence-electron chi connectivity index (χ1n) is 7.15. The first-order valence-corrected chi connectivity index (χ1v) is 9.75. The SMILES string of the molecule is CCOC(CNS(=O)(=O)c1ccc(CBr)cc1)CC(C)C. The van der Waals surface area contributed by atoms with Crippen LogP contribution in [-0.4, -0.2) is 27.7 Å². The zero-order chi connectivity index (χ0) is 15.9. The molecule has 0 aromatic heterocycles. The van der Waals surface area contributed by atoms with Crippen LogP contribution in [0.25, 0.3) is 0 Å². The average molecular weight is 378 g/mol. The smallest absolute Gasteiger partial charge is 0.240 e. The maximum atomic E-state index is 12.2. The highest BCUT2D eigenvalue weighted by Gasteiger charge is 2.18. The van der Waals surface area contributed by atoms with E-state index < -0.39 is 10.0 Å². The molecule has 0 amide bonds. The first kappa shape index (κ1) is 18.6. The van der Waals surface area contributed by atoms with Crippen LogP contribution >= 0.6 is 15.9 Å². The Morgan fingerprint density at radius 3 is 2.33 bits per heavy atom. The normalized spacial score (nSPS) is 13.6. The molecule has 0 heterocycles. The van der Waals surface area contributed by atoms with E-state index in [2.05, 4.69) is 34.5 Å². The zero-order valence-electron chi connectivity index (χ0n) is 12.8. The molecule has 6 heteroatoms. The monoisotopic (exact) mass is 377 g/mol. The summed E-state index contributed by atoms with van der Waals surface area (Å²) in [6.07, 6.45) is 0.741. The van der Waals surface area contributed by atoms with E-state index >= 15 is 0 Å². The van der Waals surface area contributed by atoms with Crippen LogP contribution in [0.3, 0.4) is 0 Å². The Bertz CT molecular complexity index is 514. The van der Waals surface area contributed by atoms with Crippen molar-refractivity contribution in [3.8, 4) is 0 Å².